The molecule has 3 rings (SSSR count). The first-order valence-corrected chi connectivity index (χ1v) is 11.8. The molecule has 1 aliphatic rings. The largest absolute Gasteiger partial charge is 0.380 e. The van der Waals surface area contributed by atoms with Gasteiger partial charge in [-0.1, -0.05) is 38.1 Å². The van der Waals surface area contributed by atoms with Gasteiger partial charge in [-0.25, -0.2) is 8.42 Å². The average molecular weight is 431 g/mol. The number of ether oxygens (including phenoxy) is 1. The third-order valence-corrected chi connectivity index (χ3v) is 7.65. The van der Waals surface area contributed by atoms with Gasteiger partial charge in [-0.05, 0) is 47.7 Å². The van der Waals surface area contributed by atoms with Gasteiger partial charge in [0.25, 0.3) is 5.91 Å². The molecular weight excluding hydrogens is 400 g/mol. The van der Waals surface area contributed by atoms with Crippen LogP contribution in [0.15, 0.2) is 53.4 Å². The van der Waals surface area contributed by atoms with E-state index in [9.17, 15) is 13.2 Å². The van der Waals surface area contributed by atoms with Crippen LogP contribution < -0.4 is 0 Å². The minimum Gasteiger partial charge on any atom is -0.380 e. The molecule has 1 atom stereocenters. The lowest BCUT2D eigenvalue weighted by atomic mass is 9.99. The third-order valence-electron chi connectivity index (χ3n) is 5.74. The van der Waals surface area contributed by atoms with Gasteiger partial charge in [0, 0.05) is 38.9 Å². The van der Waals surface area contributed by atoms with Gasteiger partial charge in [-0.3, -0.25) is 4.79 Å². The van der Waals surface area contributed by atoms with Crippen LogP contribution in [-0.2, 0) is 21.4 Å². The highest BCUT2D eigenvalue weighted by atomic mass is 32.2. The predicted octanol–water partition coefficient (Wildman–Crippen LogP) is 3.49. The second kappa shape index (κ2) is 9.73. The van der Waals surface area contributed by atoms with Crippen molar-refractivity contribution in [1.29, 1.82) is 0 Å². The number of rotatable bonds is 7. The van der Waals surface area contributed by atoms with E-state index in [4.69, 9.17) is 4.74 Å². The second-order valence-corrected chi connectivity index (χ2v) is 9.64. The van der Waals surface area contributed by atoms with Gasteiger partial charge < -0.3 is 9.64 Å². The minimum absolute atomic E-state index is 0.0751. The van der Waals surface area contributed by atoms with Crippen LogP contribution in [0.4, 0.5) is 0 Å². The number of methoxy groups -OCH3 is 1. The van der Waals surface area contributed by atoms with E-state index in [0.717, 1.165) is 17.5 Å². The SMILES string of the molecule is CC[C@@H](C)c1ccc(S(=O)(=O)N2CCN(C(=O)c3ccc(COC)cc3)CC2)cc1. The maximum Gasteiger partial charge on any atom is 0.253 e. The molecule has 1 aliphatic heterocycles. The predicted molar refractivity (Wildman–Crippen MR) is 117 cm³/mol. The summed E-state index contributed by atoms with van der Waals surface area (Å²) >= 11 is 0. The van der Waals surface area contributed by atoms with Crippen LogP contribution in [0.25, 0.3) is 0 Å². The van der Waals surface area contributed by atoms with Gasteiger partial charge in [0.2, 0.25) is 10.0 Å². The fourth-order valence-corrected chi connectivity index (χ4v) is 5.00. The Labute approximate surface area is 179 Å². The molecule has 0 aromatic heterocycles. The van der Waals surface area contributed by atoms with Crippen LogP contribution in [0, 0.1) is 0 Å². The quantitative estimate of drug-likeness (QED) is 0.674. The summed E-state index contributed by atoms with van der Waals surface area (Å²) in [6.07, 6.45) is 1.01. The standard InChI is InChI=1S/C23H30N2O4S/c1-4-18(2)20-9-11-22(12-10-20)30(27,28)25-15-13-24(14-16-25)23(26)21-7-5-19(6-8-21)17-29-3/h5-12,18H,4,13-17H2,1-3H3/t18-/m1/s1. The number of hydrogen-bond acceptors (Lipinski definition) is 4. The Kier molecular flexibility index (Phi) is 7.28. The third kappa shape index (κ3) is 4.91. The second-order valence-electron chi connectivity index (χ2n) is 7.70. The molecule has 0 bridgehead atoms. The van der Waals surface area contributed by atoms with E-state index in [1.807, 2.05) is 24.3 Å². The van der Waals surface area contributed by atoms with E-state index in [2.05, 4.69) is 13.8 Å². The molecule has 6 nitrogen and oxygen atoms in total. The van der Waals surface area contributed by atoms with Crippen LogP contribution in [0.3, 0.4) is 0 Å². The summed E-state index contributed by atoms with van der Waals surface area (Å²) in [5.74, 6) is 0.328. The molecule has 0 spiro atoms. The molecule has 0 aliphatic carbocycles. The van der Waals surface area contributed by atoms with Crippen molar-refractivity contribution in [2.45, 2.75) is 37.7 Å². The van der Waals surface area contributed by atoms with Gasteiger partial charge in [-0.2, -0.15) is 4.31 Å². The molecule has 2 aromatic rings. The number of hydrogen-bond donors (Lipinski definition) is 0. The van der Waals surface area contributed by atoms with E-state index in [-0.39, 0.29) is 5.91 Å². The summed E-state index contributed by atoms with van der Waals surface area (Å²) in [4.78, 5) is 14.8. The normalized spacial score (nSPS) is 16.4. The molecular formula is C23H30N2O4S. The van der Waals surface area contributed by atoms with E-state index < -0.39 is 10.0 Å². The molecule has 0 saturated carbocycles. The van der Waals surface area contributed by atoms with Crippen LogP contribution in [-0.4, -0.2) is 56.8 Å². The van der Waals surface area contributed by atoms with Gasteiger partial charge in [0.1, 0.15) is 0 Å². The summed E-state index contributed by atoms with van der Waals surface area (Å²) < 4.78 is 32.5. The highest BCUT2D eigenvalue weighted by Crippen LogP contribution is 2.23. The van der Waals surface area contributed by atoms with Gasteiger partial charge in [0.05, 0.1) is 11.5 Å². The number of nitrogens with zero attached hydrogens (tertiary/aromatic N) is 2. The molecule has 1 fully saturated rings. The number of carbonyl (C=O) groups is 1. The van der Waals surface area contributed by atoms with Gasteiger partial charge >= 0.3 is 0 Å². The summed E-state index contributed by atoms with van der Waals surface area (Å²) in [6, 6.07) is 14.5. The van der Waals surface area contributed by atoms with Crippen molar-refractivity contribution in [1.82, 2.24) is 9.21 Å². The zero-order valence-electron chi connectivity index (χ0n) is 17.9. The molecule has 162 valence electrons. The van der Waals surface area contributed by atoms with Gasteiger partial charge in [0.15, 0.2) is 0 Å². The summed E-state index contributed by atoms with van der Waals surface area (Å²) in [7, 11) is -1.92. The Balaban J connectivity index is 1.63. The summed E-state index contributed by atoms with van der Waals surface area (Å²) in [5, 5.41) is 0. The summed E-state index contributed by atoms with van der Waals surface area (Å²) in [6.45, 7) is 6.09. The molecule has 0 radical (unpaired) electrons. The number of carbonyl (C=O) groups excluding carboxylic acids is 1. The van der Waals surface area contributed by atoms with Gasteiger partial charge in [-0.15, -0.1) is 0 Å². The van der Waals surface area contributed by atoms with Crippen LogP contribution in [0.1, 0.15) is 47.7 Å². The fraction of sp³-hybridized carbons (Fsp3) is 0.435. The van der Waals surface area contributed by atoms with Crippen molar-refractivity contribution in [2.75, 3.05) is 33.3 Å². The van der Waals surface area contributed by atoms with E-state index in [1.165, 1.54) is 4.31 Å². The maximum atomic E-state index is 13.0. The van der Waals surface area contributed by atoms with Crippen LogP contribution in [0.2, 0.25) is 0 Å². The number of piperazine rings is 1. The van der Waals surface area contributed by atoms with Crippen LogP contribution in [0.5, 0.6) is 0 Å². The Morgan fingerprint density at radius 3 is 2.13 bits per heavy atom. The molecule has 7 heteroatoms. The lowest BCUT2D eigenvalue weighted by molar-refractivity contribution is 0.0698. The first kappa shape index (κ1) is 22.5. The highest BCUT2D eigenvalue weighted by molar-refractivity contribution is 7.89. The van der Waals surface area contributed by atoms with E-state index in [1.54, 1.807) is 36.3 Å². The smallest absolute Gasteiger partial charge is 0.253 e. The van der Waals surface area contributed by atoms with Crippen molar-refractivity contribution in [3.63, 3.8) is 0 Å². The van der Waals surface area contributed by atoms with Crippen molar-refractivity contribution < 1.29 is 17.9 Å². The molecule has 1 saturated heterocycles. The topological polar surface area (TPSA) is 66.9 Å². The molecule has 0 N–H and O–H groups in total. The Morgan fingerprint density at radius 1 is 1.00 bits per heavy atom. The zero-order chi connectivity index (χ0) is 21.7. The molecule has 1 heterocycles. The number of sulfonamides is 1. The lowest BCUT2D eigenvalue weighted by Gasteiger charge is -2.34. The highest BCUT2D eigenvalue weighted by Gasteiger charge is 2.30. The fourth-order valence-electron chi connectivity index (χ4n) is 3.58. The van der Waals surface area contributed by atoms with Crippen molar-refractivity contribution in [2.24, 2.45) is 0 Å². The molecule has 30 heavy (non-hydrogen) atoms. The zero-order valence-corrected chi connectivity index (χ0v) is 18.7. The lowest BCUT2D eigenvalue weighted by Crippen LogP contribution is -2.50. The van der Waals surface area contributed by atoms with Crippen molar-refractivity contribution in [3.8, 4) is 0 Å². The Bertz CT molecular complexity index is 948. The van der Waals surface area contributed by atoms with Crippen molar-refractivity contribution in [3.05, 3.63) is 65.2 Å². The molecule has 0 unspecified atom stereocenters. The average Bonchev–Trinajstić information content (AvgIpc) is 2.79. The van der Waals surface area contributed by atoms with Crippen LogP contribution >= 0.6 is 0 Å². The van der Waals surface area contributed by atoms with Crippen molar-refractivity contribution >= 4 is 15.9 Å². The first-order valence-electron chi connectivity index (χ1n) is 10.3. The number of amides is 1. The minimum atomic E-state index is -3.56. The molecule has 2 aromatic carbocycles. The molecule has 1 amide bonds. The Morgan fingerprint density at radius 2 is 1.60 bits per heavy atom. The maximum absolute atomic E-state index is 13.0. The van der Waals surface area contributed by atoms with E-state index in [0.29, 0.717) is 49.2 Å². The number of benzene rings is 2. The Hall–Kier alpha value is -2.22. The van der Waals surface area contributed by atoms with E-state index >= 15 is 0 Å². The monoisotopic (exact) mass is 430 g/mol. The summed E-state index contributed by atoms with van der Waals surface area (Å²) in [5.41, 5.74) is 2.75. The first-order chi connectivity index (χ1) is 14.4.